The molecule has 0 aliphatic carbocycles. The summed E-state index contributed by atoms with van der Waals surface area (Å²) in [5.74, 6) is 2.60. The van der Waals surface area contributed by atoms with Gasteiger partial charge in [-0.15, -0.1) is 0 Å². The van der Waals surface area contributed by atoms with Crippen molar-refractivity contribution in [1.29, 1.82) is 0 Å². The van der Waals surface area contributed by atoms with E-state index in [1.807, 2.05) is 97.9 Å². The van der Waals surface area contributed by atoms with Gasteiger partial charge in [-0.2, -0.15) is 0 Å². The first-order valence-electron chi connectivity index (χ1n) is 17.6. The summed E-state index contributed by atoms with van der Waals surface area (Å²) >= 11 is 0. The molecule has 9 heteroatoms. The van der Waals surface area contributed by atoms with Gasteiger partial charge in [-0.3, -0.25) is 19.1 Å². The maximum atomic E-state index is 7.80. The van der Waals surface area contributed by atoms with Gasteiger partial charge in [-0.25, -0.2) is 19.9 Å². The lowest BCUT2D eigenvalue weighted by Crippen LogP contribution is -2.03. The Balaban J connectivity index is 0.000000143. The zero-order valence-corrected chi connectivity index (χ0v) is 27.0. The van der Waals surface area contributed by atoms with E-state index in [4.69, 9.17) is 18.8 Å². The van der Waals surface area contributed by atoms with E-state index in [1.165, 1.54) is 25.2 Å². The van der Waals surface area contributed by atoms with E-state index in [1.54, 1.807) is 17.0 Å². The molecule has 1 fully saturated rings. The quantitative estimate of drug-likeness (QED) is 0.189. The molecular weight excluding hydrogens is 608 g/mol. The fourth-order valence-electron chi connectivity index (χ4n) is 5.67. The van der Waals surface area contributed by atoms with Gasteiger partial charge in [0.2, 0.25) is 0 Å². The van der Waals surface area contributed by atoms with Gasteiger partial charge in [0.05, 0.1) is 33.5 Å². The van der Waals surface area contributed by atoms with Crippen LogP contribution in [0.2, 0.25) is 0 Å². The van der Waals surface area contributed by atoms with E-state index in [9.17, 15) is 0 Å². The van der Waals surface area contributed by atoms with Crippen molar-refractivity contribution in [1.82, 2.24) is 39.0 Å². The minimum Gasteiger partial charge on any atom is -0.381 e. The van der Waals surface area contributed by atoms with Crippen LogP contribution in [0.15, 0.2) is 134 Å². The molecule has 0 saturated carbocycles. The summed E-state index contributed by atoms with van der Waals surface area (Å²) < 4.78 is 32.2. The number of para-hydroxylation sites is 4. The number of aromatic nitrogens is 8. The Morgan fingerprint density at radius 3 is 1.43 bits per heavy atom. The Morgan fingerprint density at radius 1 is 0.531 bits per heavy atom. The minimum absolute atomic E-state index is 0.0460. The molecule has 0 N–H and O–H groups in total. The third kappa shape index (κ3) is 6.83. The lowest BCUT2D eigenvalue weighted by Gasteiger charge is -2.10. The summed E-state index contributed by atoms with van der Waals surface area (Å²) in [7, 11) is 0. The maximum Gasteiger partial charge on any atom is 0.160 e. The van der Waals surface area contributed by atoms with Gasteiger partial charge in [0.1, 0.15) is 11.6 Å². The third-order valence-corrected chi connectivity index (χ3v) is 7.97. The van der Waals surface area contributed by atoms with Crippen molar-refractivity contribution in [2.24, 2.45) is 0 Å². The van der Waals surface area contributed by atoms with Crippen LogP contribution in [0.5, 0.6) is 0 Å². The van der Waals surface area contributed by atoms with Crippen LogP contribution in [0.3, 0.4) is 0 Å². The Labute approximate surface area is 289 Å². The highest BCUT2D eigenvalue weighted by Gasteiger charge is 2.17. The molecule has 242 valence electrons. The van der Waals surface area contributed by atoms with E-state index in [0.29, 0.717) is 5.82 Å². The summed E-state index contributed by atoms with van der Waals surface area (Å²) in [6, 6.07) is 35.4. The molecule has 9 nitrogen and oxygen atoms in total. The monoisotopic (exact) mass is 647 g/mol. The van der Waals surface area contributed by atoms with Crippen molar-refractivity contribution >= 4 is 22.1 Å². The number of benzene rings is 4. The van der Waals surface area contributed by atoms with Crippen molar-refractivity contribution in [3.63, 3.8) is 0 Å². The van der Waals surface area contributed by atoms with Gasteiger partial charge >= 0.3 is 0 Å². The fourth-order valence-corrected chi connectivity index (χ4v) is 5.67. The van der Waals surface area contributed by atoms with Crippen LogP contribution in [0.25, 0.3) is 56.5 Å². The van der Waals surface area contributed by atoms with Crippen LogP contribution in [0, 0.1) is 13.8 Å². The Bertz CT molecular complexity index is 2400. The number of aryl methyl sites for hydroxylation is 2. The zero-order chi connectivity index (χ0) is 35.9. The van der Waals surface area contributed by atoms with Gasteiger partial charge in [0.15, 0.2) is 11.6 Å². The van der Waals surface area contributed by atoms with Crippen molar-refractivity contribution in [3.8, 4) is 34.4 Å². The van der Waals surface area contributed by atoms with E-state index in [-0.39, 0.29) is 11.5 Å². The van der Waals surface area contributed by atoms with Crippen LogP contribution in [0.4, 0.5) is 0 Å². The SMILES string of the molecule is C1CCOC1.Cc1nccnc1-n1c(-c2ccccc2)nc2ccccc21.[2H]C([2H])([2H])c1nccnc1-n1c(-c2ccccc2)nc2ccccc21. The lowest BCUT2D eigenvalue weighted by atomic mass is 10.2. The number of ether oxygens (including phenoxy) is 1. The molecule has 0 spiro atoms. The maximum absolute atomic E-state index is 7.80. The van der Waals surface area contributed by atoms with Gasteiger partial charge < -0.3 is 4.74 Å². The summed E-state index contributed by atoms with van der Waals surface area (Å²) in [5.41, 5.74) is 6.30. The average molecular weight is 648 g/mol. The normalized spacial score (nSPS) is 13.4. The molecule has 0 unspecified atom stereocenters. The molecule has 1 aliphatic heterocycles. The molecule has 8 aromatic rings. The first kappa shape index (κ1) is 28.0. The summed E-state index contributed by atoms with van der Waals surface area (Å²) in [4.78, 5) is 26.8. The van der Waals surface area contributed by atoms with Crippen molar-refractivity contribution in [2.45, 2.75) is 26.6 Å². The van der Waals surface area contributed by atoms with E-state index < -0.39 is 6.85 Å². The first-order valence-corrected chi connectivity index (χ1v) is 16.1. The molecule has 49 heavy (non-hydrogen) atoms. The molecule has 0 radical (unpaired) electrons. The van der Waals surface area contributed by atoms with Gasteiger partial charge in [-0.05, 0) is 50.9 Å². The predicted octanol–water partition coefficient (Wildman–Crippen LogP) is 8.38. The van der Waals surface area contributed by atoms with E-state index in [0.717, 1.165) is 63.7 Å². The Hall–Kier alpha value is -6.06. The number of imidazole rings is 2. The molecule has 4 aromatic carbocycles. The van der Waals surface area contributed by atoms with Crippen LogP contribution in [-0.4, -0.2) is 52.3 Å². The van der Waals surface area contributed by atoms with Crippen molar-refractivity contribution in [3.05, 3.63) is 145 Å². The van der Waals surface area contributed by atoms with E-state index in [2.05, 4.69) is 42.7 Å². The van der Waals surface area contributed by atoms with Crippen LogP contribution >= 0.6 is 0 Å². The second kappa shape index (κ2) is 14.8. The number of rotatable bonds is 4. The summed E-state index contributed by atoms with van der Waals surface area (Å²) in [6.45, 7) is 1.59. The number of hydrogen-bond acceptors (Lipinski definition) is 7. The van der Waals surface area contributed by atoms with Crippen molar-refractivity contribution in [2.75, 3.05) is 13.2 Å². The highest BCUT2D eigenvalue weighted by atomic mass is 16.5. The minimum atomic E-state index is -2.37. The largest absolute Gasteiger partial charge is 0.381 e. The molecule has 4 aromatic heterocycles. The molecule has 0 bridgehead atoms. The Morgan fingerprint density at radius 2 is 0.959 bits per heavy atom. The molecule has 1 aliphatic rings. The van der Waals surface area contributed by atoms with Gasteiger partial charge in [-0.1, -0.05) is 84.9 Å². The highest BCUT2D eigenvalue weighted by Crippen LogP contribution is 2.29. The van der Waals surface area contributed by atoms with Gasteiger partial charge in [0, 0.05) is 53.2 Å². The summed E-state index contributed by atoms with van der Waals surface area (Å²) in [5, 5.41) is 0. The second-order valence-corrected chi connectivity index (χ2v) is 11.3. The molecule has 5 heterocycles. The van der Waals surface area contributed by atoms with Crippen LogP contribution in [-0.2, 0) is 4.74 Å². The molecule has 0 atom stereocenters. The molecule has 9 rings (SSSR count). The Kier molecular flexibility index (Phi) is 8.45. The number of fused-ring (bicyclic) bond motifs is 2. The molecule has 0 amide bonds. The number of hydrogen-bond donors (Lipinski definition) is 0. The smallest absolute Gasteiger partial charge is 0.160 e. The van der Waals surface area contributed by atoms with Gasteiger partial charge in [0.25, 0.3) is 0 Å². The highest BCUT2D eigenvalue weighted by molar-refractivity contribution is 5.84. The average Bonchev–Trinajstić information content (AvgIpc) is 3.96. The standard InChI is InChI=1S/2C18H14N4.C4H8O/c2*1-13-17(20-12-11-19-13)22-16-10-6-5-9-15(16)21-18(22)14-7-3-2-4-8-14;1-2-4-5-3-1/h2*2-12H,1H3;1-4H2/i1D3;;. The van der Waals surface area contributed by atoms with Crippen LogP contribution < -0.4 is 0 Å². The van der Waals surface area contributed by atoms with Crippen molar-refractivity contribution < 1.29 is 8.85 Å². The lowest BCUT2D eigenvalue weighted by molar-refractivity contribution is 0.198. The zero-order valence-electron chi connectivity index (χ0n) is 30.0. The molecular formula is C40H36N8O. The fraction of sp³-hybridized carbons (Fsp3) is 0.150. The van der Waals surface area contributed by atoms with Crippen LogP contribution in [0.1, 0.15) is 28.3 Å². The number of nitrogens with zero attached hydrogens (tertiary/aromatic N) is 8. The van der Waals surface area contributed by atoms with E-state index >= 15 is 0 Å². The predicted molar refractivity (Wildman–Crippen MR) is 194 cm³/mol. The summed E-state index contributed by atoms with van der Waals surface area (Å²) in [6.07, 6.45) is 8.87. The third-order valence-electron chi connectivity index (χ3n) is 7.97. The topological polar surface area (TPSA) is 96.4 Å². The second-order valence-electron chi connectivity index (χ2n) is 11.3. The first-order chi connectivity index (χ1) is 25.4. The molecule has 1 saturated heterocycles.